The van der Waals surface area contributed by atoms with Crippen LogP contribution in [0.4, 0.5) is 18.9 Å². The van der Waals surface area contributed by atoms with E-state index in [4.69, 9.17) is 4.74 Å². The molecule has 1 fully saturated rings. The molecule has 2 aromatic rings. The van der Waals surface area contributed by atoms with Crippen molar-refractivity contribution in [1.82, 2.24) is 4.90 Å². The van der Waals surface area contributed by atoms with Crippen molar-refractivity contribution in [3.63, 3.8) is 0 Å². The number of aliphatic hydroxyl groups is 1. The molecule has 1 aliphatic heterocycles. The first kappa shape index (κ1) is 26.3. The number of aliphatic hydroxyl groups excluding tert-OH is 1. The number of carbonyl (C=O) groups is 2. The van der Waals surface area contributed by atoms with Crippen LogP contribution in [0.1, 0.15) is 52.7 Å². The number of anilines is 1. The lowest BCUT2D eigenvalue weighted by Crippen LogP contribution is -2.56. The first-order valence-electron chi connectivity index (χ1n) is 11.8. The van der Waals surface area contributed by atoms with Gasteiger partial charge < -0.3 is 19.8 Å². The zero-order valence-electron chi connectivity index (χ0n) is 20.0. The molecule has 1 saturated carbocycles. The van der Waals surface area contributed by atoms with Gasteiger partial charge in [0.15, 0.2) is 0 Å². The monoisotopic (exact) mass is 517 g/mol. The number of carbonyl (C=O) groups excluding carboxylic acids is 1. The Morgan fingerprint density at radius 3 is 2.41 bits per heavy atom. The standard InChI is InChI=1S/C26H26F3N3O5/c1-37-21-7-3-6-20-22(21)23(33)32(13-15-8-10-16(11-9-15)24(34)35)25(36)31(20)14-17-4-2-5-19(18(17)12-30)26(27,28)29/h2-7,15-16,25,36H,8-11,13-14H2,1H3,(H,34,35). The Kier molecular flexibility index (Phi) is 7.32. The third-order valence-electron chi connectivity index (χ3n) is 7.13. The van der Waals surface area contributed by atoms with Crippen molar-refractivity contribution in [3.05, 3.63) is 58.7 Å². The molecule has 0 aromatic heterocycles. The Bertz CT molecular complexity index is 1230. The summed E-state index contributed by atoms with van der Waals surface area (Å²) in [5.74, 6) is -1.62. The van der Waals surface area contributed by atoms with Gasteiger partial charge in [0, 0.05) is 13.1 Å². The van der Waals surface area contributed by atoms with Crippen LogP contribution < -0.4 is 9.64 Å². The molecule has 1 aliphatic carbocycles. The van der Waals surface area contributed by atoms with Crippen LogP contribution in [0.15, 0.2) is 36.4 Å². The highest BCUT2D eigenvalue weighted by molar-refractivity contribution is 6.04. The number of ether oxygens (including phenoxy) is 1. The molecule has 4 rings (SSSR count). The van der Waals surface area contributed by atoms with Gasteiger partial charge in [-0.1, -0.05) is 18.2 Å². The third-order valence-corrected chi connectivity index (χ3v) is 7.13. The summed E-state index contributed by atoms with van der Waals surface area (Å²) >= 11 is 0. The molecule has 2 aromatic carbocycles. The Balaban J connectivity index is 1.71. The summed E-state index contributed by atoms with van der Waals surface area (Å²) in [5, 5.41) is 30.1. The summed E-state index contributed by atoms with van der Waals surface area (Å²) in [6.07, 6.45) is -4.24. The van der Waals surface area contributed by atoms with Gasteiger partial charge in [-0.15, -0.1) is 0 Å². The molecule has 2 aliphatic rings. The number of halogens is 3. The van der Waals surface area contributed by atoms with E-state index in [0.29, 0.717) is 25.7 Å². The zero-order valence-corrected chi connectivity index (χ0v) is 20.0. The molecular formula is C26H26F3N3O5. The number of fused-ring (bicyclic) bond motifs is 1. The fourth-order valence-corrected chi connectivity index (χ4v) is 5.18. The Morgan fingerprint density at radius 2 is 1.81 bits per heavy atom. The normalized spacial score (nSPS) is 21.8. The van der Waals surface area contributed by atoms with E-state index in [0.717, 1.165) is 6.07 Å². The molecule has 196 valence electrons. The van der Waals surface area contributed by atoms with E-state index in [1.54, 1.807) is 24.3 Å². The second kappa shape index (κ2) is 10.3. The first-order valence-corrected chi connectivity index (χ1v) is 11.8. The van der Waals surface area contributed by atoms with Crippen molar-refractivity contribution in [2.75, 3.05) is 18.6 Å². The van der Waals surface area contributed by atoms with Gasteiger partial charge in [0.05, 0.1) is 29.8 Å². The van der Waals surface area contributed by atoms with E-state index >= 15 is 0 Å². The molecule has 2 N–H and O–H groups in total. The summed E-state index contributed by atoms with van der Waals surface area (Å²) in [5.41, 5.74) is -1.17. The van der Waals surface area contributed by atoms with Crippen LogP contribution in [0, 0.1) is 23.2 Å². The lowest BCUT2D eigenvalue weighted by atomic mass is 9.81. The molecule has 1 heterocycles. The molecule has 0 spiro atoms. The fraction of sp³-hybridized carbons (Fsp3) is 0.423. The highest BCUT2D eigenvalue weighted by Crippen LogP contribution is 2.40. The SMILES string of the molecule is COc1cccc2c1C(=O)N(CC1CCC(C(=O)O)CC1)C(O)N2Cc1cccc(C(F)(F)F)c1C#N. The van der Waals surface area contributed by atoms with Gasteiger partial charge in [0.2, 0.25) is 6.35 Å². The van der Waals surface area contributed by atoms with Crippen LogP contribution in [-0.4, -0.2) is 47.0 Å². The number of benzene rings is 2. The molecule has 11 heteroatoms. The number of hydrogen-bond donors (Lipinski definition) is 2. The minimum Gasteiger partial charge on any atom is -0.496 e. The van der Waals surface area contributed by atoms with Gasteiger partial charge in [-0.3, -0.25) is 14.5 Å². The number of alkyl halides is 3. The van der Waals surface area contributed by atoms with Crippen molar-refractivity contribution in [3.8, 4) is 11.8 Å². The summed E-state index contributed by atoms with van der Waals surface area (Å²) in [6, 6.07) is 9.79. The van der Waals surface area contributed by atoms with Crippen LogP contribution >= 0.6 is 0 Å². The minimum absolute atomic E-state index is 0.0430. The van der Waals surface area contributed by atoms with Gasteiger partial charge in [-0.25, -0.2) is 0 Å². The molecule has 1 amide bonds. The number of rotatable bonds is 6. The van der Waals surface area contributed by atoms with Gasteiger partial charge in [-0.2, -0.15) is 18.4 Å². The van der Waals surface area contributed by atoms with E-state index in [9.17, 15) is 38.2 Å². The summed E-state index contributed by atoms with van der Waals surface area (Å²) < 4.78 is 46.0. The lowest BCUT2D eigenvalue weighted by molar-refractivity contribution is -0.143. The maximum absolute atomic E-state index is 13.5. The van der Waals surface area contributed by atoms with Crippen LogP contribution in [0.5, 0.6) is 5.75 Å². The van der Waals surface area contributed by atoms with E-state index < -0.39 is 41.4 Å². The Morgan fingerprint density at radius 1 is 1.14 bits per heavy atom. The smallest absolute Gasteiger partial charge is 0.417 e. The lowest BCUT2D eigenvalue weighted by Gasteiger charge is -2.44. The maximum Gasteiger partial charge on any atom is 0.417 e. The van der Waals surface area contributed by atoms with Crippen molar-refractivity contribution >= 4 is 17.6 Å². The number of nitrogens with zero attached hydrogens (tertiary/aromatic N) is 3. The molecule has 8 nitrogen and oxygen atoms in total. The molecule has 0 radical (unpaired) electrons. The average Bonchev–Trinajstić information content (AvgIpc) is 2.88. The van der Waals surface area contributed by atoms with Crippen molar-refractivity contribution < 1.29 is 37.7 Å². The molecule has 37 heavy (non-hydrogen) atoms. The Labute approximate surface area is 211 Å². The van der Waals surface area contributed by atoms with Crippen LogP contribution in [0.2, 0.25) is 0 Å². The molecule has 0 bridgehead atoms. The molecule has 1 unspecified atom stereocenters. The van der Waals surface area contributed by atoms with Crippen molar-refractivity contribution in [2.45, 2.75) is 44.8 Å². The number of carboxylic acid groups (broad SMARTS) is 1. The summed E-state index contributed by atoms with van der Waals surface area (Å²) in [6.45, 7) is -0.141. The van der Waals surface area contributed by atoms with E-state index in [-0.39, 0.29) is 41.6 Å². The van der Waals surface area contributed by atoms with Gasteiger partial charge >= 0.3 is 12.1 Å². The number of carboxylic acids is 1. The zero-order chi connectivity index (χ0) is 26.9. The number of methoxy groups -OCH3 is 1. The molecular weight excluding hydrogens is 491 g/mol. The van der Waals surface area contributed by atoms with Gasteiger partial charge in [0.25, 0.3) is 5.91 Å². The first-order chi connectivity index (χ1) is 17.6. The highest BCUT2D eigenvalue weighted by atomic mass is 19.4. The molecule has 1 atom stereocenters. The van der Waals surface area contributed by atoms with Crippen LogP contribution in [-0.2, 0) is 17.5 Å². The number of nitriles is 1. The van der Waals surface area contributed by atoms with E-state index in [1.165, 1.54) is 29.0 Å². The fourth-order valence-electron chi connectivity index (χ4n) is 5.18. The number of aliphatic carboxylic acids is 1. The number of amides is 1. The predicted molar refractivity (Wildman–Crippen MR) is 125 cm³/mol. The predicted octanol–water partition coefficient (Wildman–Crippen LogP) is 4.21. The van der Waals surface area contributed by atoms with Crippen LogP contribution in [0.25, 0.3) is 0 Å². The van der Waals surface area contributed by atoms with Gasteiger partial charge in [0.1, 0.15) is 17.4 Å². The van der Waals surface area contributed by atoms with E-state index in [2.05, 4.69) is 0 Å². The average molecular weight is 518 g/mol. The summed E-state index contributed by atoms with van der Waals surface area (Å²) in [4.78, 5) is 27.4. The van der Waals surface area contributed by atoms with Gasteiger partial charge in [-0.05, 0) is 55.4 Å². The van der Waals surface area contributed by atoms with Crippen molar-refractivity contribution in [2.24, 2.45) is 11.8 Å². The second-order valence-corrected chi connectivity index (χ2v) is 9.29. The quantitative estimate of drug-likeness (QED) is 0.590. The van der Waals surface area contributed by atoms with Crippen molar-refractivity contribution in [1.29, 1.82) is 5.26 Å². The minimum atomic E-state index is -4.74. The summed E-state index contributed by atoms with van der Waals surface area (Å²) in [7, 11) is 1.39. The number of hydrogen-bond acceptors (Lipinski definition) is 6. The highest BCUT2D eigenvalue weighted by Gasteiger charge is 2.41. The maximum atomic E-state index is 13.5. The largest absolute Gasteiger partial charge is 0.496 e. The topological polar surface area (TPSA) is 114 Å². The second-order valence-electron chi connectivity index (χ2n) is 9.29. The van der Waals surface area contributed by atoms with Crippen LogP contribution in [0.3, 0.4) is 0 Å². The molecule has 0 saturated heterocycles. The van der Waals surface area contributed by atoms with E-state index in [1.807, 2.05) is 0 Å². The Hall–Kier alpha value is -3.78. The third kappa shape index (κ3) is 5.06.